The van der Waals surface area contributed by atoms with Gasteiger partial charge in [-0.1, -0.05) is 38.5 Å². The average molecular weight is 321 g/mol. The summed E-state index contributed by atoms with van der Waals surface area (Å²) in [4.78, 5) is 21.1. The molecule has 0 aromatic carbocycles. The molecule has 122 valence electrons. The van der Waals surface area contributed by atoms with Gasteiger partial charge in [-0.2, -0.15) is 0 Å². The van der Waals surface area contributed by atoms with Crippen LogP contribution in [0, 0.1) is 32.6 Å². The predicted molar refractivity (Wildman–Crippen MR) is 91.1 cm³/mol. The van der Waals surface area contributed by atoms with Crippen molar-refractivity contribution >= 4 is 17.7 Å². The number of hydrogen-bond donors (Lipinski definition) is 1. The van der Waals surface area contributed by atoms with Crippen molar-refractivity contribution in [2.45, 2.75) is 65.1 Å². The smallest absolute Gasteiger partial charge is 0.230 e. The zero-order valence-corrected chi connectivity index (χ0v) is 15.1. The molecule has 3 atom stereocenters. The summed E-state index contributed by atoms with van der Waals surface area (Å²) in [7, 11) is 0. The van der Waals surface area contributed by atoms with Crippen LogP contribution in [-0.4, -0.2) is 27.7 Å². The summed E-state index contributed by atoms with van der Waals surface area (Å²) in [5.41, 5.74) is 3.11. The fraction of sp³-hybridized carbons (Fsp3) is 0.706. The molecule has 0 spiro atoms. The van der Waals surface area contributed by atoms with E-state index in [9.17, 15) is 4.79 Å². The molecule has 1 aliphatic rings. The van der Waals surface area contributed by atoms with Crippen molar-refractivity contribution in [1.29, 1.82) is 0 Å². The number of nitrogens with zero attached hydrogens (tertiary/aromatic N) is 2. The normalized spacial score (nSPS) is 25.0. The zero-order chi connectivity index (χ0) is 16.3. The van der Waals surface area contributed by atoms with Gasteiger partial charge in [0.05, 0.1) is 5.75 Å². The number of thioether (sulfide) groups is 1. The molecule has 2 rings (SSSR count). The Hall–Kier alpha value is -1.10. The number of carbonyl (C=O) groups is 1. The van der Waals surface area contributed by atoms with E-state index in [1.165, 1.54) is 24.6 Å². The quantitative estimate of drug-likeness (QED) is 0.682. The Morgan fingerprint density at radius 2 is 1.82 bits per heavy atom. The third-order valence-corrected chi connectivity index (χ3v) is 5.84. The van der Waals surface area contributed by atoms with Gasteiger partial charge in [0, 0.05) is 17.4 Å². The van der Waals surface area contributed by atoms with Crippen LogP contribution in [0.1, 0.15) is 50.1 Å². The van der Waals surface area contributed by atoms with E-state index in [-0.39, 0.29) is 5.91 Å². The molecule has 1 fully saturated rings. The summed E-state index contributed by atoms with van der Waals surface area (Å²) in [6, 6.07) is 0.319. The van der Waals surface area contributed by atoms with Crippen molar-refractivity contribution in [2.24, 2.45) is 11.8 Å². The fourth-order valence-electron chi connectivity index (χ4n) is 2.97. The Labute approximate surface area is 137 Å². The number of nitrogens with one attached hydrogen (secondary N) is 1. The van der Waals surface area contributed by atoms with Gasteiger partial charge in [-0.25, -0.2) is 9.97 Å². The highest BCUT2D eigenvalue weighted by atomic mass is 32.2. The first kappa shape index (κ1) is 17.3. The van der Waals surface area contributed by atoms with E-state index in [1.54, 1.807) is 0 Å². The van der Waals surface area contributed by atoms with Crippen LogP contribution in [0.2, 0.25) is 0 Å². The van der Waals surface area contributed by atoms with Gasteiger partial charge in [-0.3, -0.25) is 4.79 Å². The minimum Gasteiger partial charge on any atom is -0.352 e. The molecule has 0 saturated heterocycles. The molecule has 0 unspecified atom stereocenters. The molecule has 1 saturated carbocycles. The second kappa shape index (κ2) is 7.44. The van der Waals surface area contributed by atoms with E-state index in [4.69, 9.17) is 0 Å². The molecular formula is C17H27N3OS. The summed E-state index contributed by atoms with van der Waals surface area (Å²) in [6.45, 7) is 10.5. The third kappa shape index (κ3) is 4.22. The molecular weight excluding hydrogens is 294 g/mol. The standard InChI is InChI=1S/C17H27N3OS/c1-10-7-6-8-15(11(10)2)20-16(21)9-22-17-18-13(4)12(3)14(5)19-17/h10-11,15H,6-9H2,1-5H3,(H,20,21)/t10-,11-,15-/m1/s1. The predicted octanol–water partition coefficient (Wildman–Crippen LogP) is 3.43. The van der Waals surface area contributed by atoms with E-state index in [1.807, 2.05) is 20.8 Å². The van der Waals surface area contributed by atoms with Crippen LogP contribution >= 0.6 is 11.8 Å². The van der Waals surface area contributed by atoms with E-state index in [0.717, 1.165) is 23.4 Å². The highest BCUT2D eigenvalue weighted by Crippen LogP contribution is 2.29. The van der Waals surface area contributed by atoms with E-state index < -0.39 is 0 Å². The first-order valence-electron chi connectivity index (χ1n) is 8.12. The first-order chi connectivity index (χ1) is 10.4. The van der Waals surface area contributed by atoms with Crippen molar-refractivity contribution in [1.82, 2.24) is 15.3 Å². The Morgan fingerprint density at radius 3 is 2.45 bits per heavy atom. The SMILES string of the molecule is Cc1nc(SCC(=O)N[C@@H]2CCC[C@@H](C)[C@H]2C)nc(C)c1C. The van der Waals surface area contributed by atoms with E-state index in [2.05, 4.69) is 29.1 Å². The molecule has 1 aliphatic carbocycles. The van der Waals surface area contributed by atoms with Crippen molar-refractivity contribution in [3.63, 3.8) is 0 Å². The maximum absolute atomic E-state index is 12.2. The van der Waals surface area contributed by atoms with Gasteiger partial charge in [-0.05, 0) is 44.6 Å². The summed E-state index contributed by atoms with van der Waals surface area (Å²) in [5.74, 6) is 1.73. The third-order valence-electron chi connectivity index (χ3n) is 5.00. The Kier molecular flexibility index (Phi) is 5.84. The van der Waals surface area contributed by atoms with Crippen LogP contribution in [0.3, 0.4) is 0 Å². The zero-order valence-electron chi connectivity index (χ0n) is 14.3. The summed E-state index contributed by atoms with van der Waals surface area (Å²) in [5, 5.41) is 3.89. The molecule has 1 aromatic rings. The van der Waals surface area contributed by atoms with Crippen molar-refractivity contribution in [2.75, 3.05) is 5.75 Å². The van der Waals surface area contributed by atoms with Gasteiger partial charge in [0.15, 0.2) is 5.16 Å². The van der Waals surface area contributed by atoms with Gasteiger partial charge < -0.3 is 5.32 Å². The molecule has 1 heterocycles. The largest absolute Gasteiger partial charge is 0.352 e. The Balaban J connectivity index is 1.88. The molecule has 1 N–H and O–H groups in total. The van der Waals surface area contributed by atoms with Gasteiger partial charge >= 0.3 is 0 Å². The highest BCUT2D eigenvalue weighted by molar-refractivity contribution is 7.99. The number of aryl methyl sites for hydroxylation is 2. The second-order valence-electron chi connectivity index (χ2n) is 6.53. The minimum absolute atomic E-state index is 0.0930. The maximum atomic E-state index is 12.2. The molecule has 22 heavy (non-hydrogen) atoms. The lowest BCUT2D eigenvalue weighted by Gasteiger charge is -2.34. The molecule has 4 nitrogen and oxygen atoms in total. The highest BCUT2D eigenvalue weighted by Gasteiger charge is 2.28. The Bertz CT molecular complexity index is 524. The molecule has 0 bridgehead atoms. The number of rotatable bonds is 4. The van der Waals surface area contributed by atoms with Crippen LogP contribution in [0.25, 0.3) is 0 Å². The van der Waals surface area contributed by atoms with Gasteiger partial charge in [-0.15, -0.1) is 0 Å². The molecule has 5 heteroatoms. The van der Waals surface area contributed by atoms with Crippen molar-refractivity contribution < 1.29 is 4.79 Å². The Morgan fingerprint density at radius 1 is 1.18 bits per heavy atom. The number of aromatic nitrogens is 2. The first-order valence-corrected chi connectivity index (χ1v) is 9.11. The van der Waals surface area contributed by atoms with Crippen LogP contribution < -0.4 is 5.32 Å². The van der Waals surface area contributed by atoms with Crippen LogP contribution in [0.15, 0.2) is 5.16 Å². The summed E-state index contributed by atoms with van der Waals surface area (Å²) >= 11 is 1.42. The average Bonchev–Trinajstić information content (AvgIpc) is 2.47. The summed E-state index contributed by atoms with van der Waals surface area (Å²) < 4.78 is 0. The topological polar surface area (TPSA) is 54.9 Å². The van der Waals surface area contributed by atoms with Gasteiger partial charge in [0.1, 0.15) is 0 Å². The lowest BCUT2D eigenvalue weighted by Crippen LogP contribution is -2.44. The summed E-state index contributed by atoms with van der Waals surface area (Å²) in [6.07, 6.45) is 3.59. The number of carbonyl (C=O) groups excluding carboxylic acids is 1. The monoisotopic (exact) mass is 321 g/mol. The van der Waals surface area contributed by atoms with E-state index in [0.29, 0.717) is 28.8 Å². The van der Waals surface area contributed by atoms with Crippen molar-refractivity contribution in [3.05, 3.63) is 17.0 Å². The molecule has 1 aromatic heterocycles. The van der Waals surface area contributed by atoms with Crippen LogP contribution in [0.5, 0.6) is 0 Å². The minimum atomic E-state index is 0.0930. The maximum Gasteiger partial charge on any atom is 0.230 e. The molecule has 0 radical (unpaired) electrons. The van der Waals surface area contributed by atoms with Gasteiger partial charge in [0.2, 0.25) is 5.91 Å². The van der Waals surface area contributed by atoms with Crippen LogP contribution in [0.4, 0.5) is 0 Å². The lowest BCUT2D eigenvalue weighted by atomic mass is 9.78. The fourth-order valence-corrected chi connectivity index (χ4v) is 3.72. The molecule has 1 amide bonds. The molecule has 0 aliphatic heterocycles. The van der Waals surface area contributed by atoms with E-state index >= 15 is 0 Å². The van der Waals surface area contributed by atoms with Crippen LogP contribution in [-0.2, 0) is 4.79 Å². The number of hydrogen-bond acceptors (Lipinski definition) is 4. The second-order valence-corrected chi connectivity index (χ2v) is 7.47. The number of amides is 1. The lowest BCUT2D eigenvalue weighted by molar-refractivity contribution is -0.120. The van der Waals surface area contributed by atoms with Crippen molar-refractivity contribution in [3.8, 4) is 0 Å². The van der Waals surface area contributed by atoms with Gasteiger partial charge in [0.25, 0.3) is 0 Å².